The monoisotopic (exact) mass is 560 g/mol. The number of amides is 2. The second-order valence-corrected chi connectivity index (χ2v) is 8.80. The van der Waals surface area contributed by atoms with Crippen LogP contribution in [0.25, 0.3) is 0 Å². The largest absolute Gasteiger partial charge is 0.492 e. The summed E-state index contributed by atoms with van der Waals surface area (Å²) in [6, 6.07) is 9.76. The molecule has 1 heterocycles. The summed E-state index contributed by atoms with van der Waals surface area (Å²) in [5.74, 6) is 0.265. The highest BCUT2D eigenvalue weighted by Gasteiger charge is 2.16. The molecule has 35 heavy (non-hydrogen) atoms. The molecule has 0 spiro atoms. The number of ether oxygens (including phenoxy) is 2. The Morgan fingerprint density at radius 3 is 1.57 bits per heavy atom. The number of hydrogen-bond donors (Lipinski definition) is 2. The molecule has 0 aliphatic heterocycles. The Labute approximate surface area is 220 Å². The lowest BCUT2D eigenvalue weighted by atomic mass is 10.3. The summed E-state index contributed by atoms with van der Waals surface area (Å²) in [4.78, 5) is 24.4. The van der Waals surface area contributed by atoms with Crippen LogP contribution in [-0.4, -0.2) is 35.3 Å². The van der Waals surface area contributed by atoms with Crippen LogP contribution in [0.15, 0.2) is 41.0 Å². The summed E-state index contributed by atoms with van der Waals surface area (Å²) in [5, 5.41) is 14.1. The SMILES string of the molecule is O=C(CCCOc1ccc(Cl)cc1Cl)Nc1nonc1NC(=O)CCCOc1ccc(Cl)cc1Cl. The number of anilines is 2. The maximum atomic E-state index is 12.2. The lowest BCUT2D eigenvalue weighted by molar-refractivity contribution is -0.117. The van der Waals surface area contributed by atoms with Crippen molar-refractivity contribution in [3.63, 3.8) is 0 Å². The molecule has 0 unspecified atom stereocenters. The van der Waals surface area contributed by atoms with Gasteiger partial charge >= 0.3 is 0 Å². The third-order valence-electron chi connectivity index (χ3n) is 4.40. The van der Waals surface area contributed by atoms with E-state index in [0.717, 1.165) is 0 Å². The summed E-state index contributed by atoms with van der Waals surface area (Å²) >= 11 is 23.8. The average Bonchev–Trinajstić information content (AvgIpc) is 3.22. The Morgan fingerprint density at radius 1 is 0.743 bits per heavy atom. The van der Waals surface area contributed by atoms with Crippen molar-refractivity contribution < 1.29 is 23.7 Å². The smallest absolute Gasteiger partial charge is 0.225 e. The van der Waals surface area contributed by atoms with Gasteiger partial charge < -0.3 is 20.1 Å². The molecule has 1 aromatic heterocycles. The number of nitrogens with zero attached hydrogens (tertiary/aromatic N) is 2. The minimum atomic E-state index is -0.352. The molecule has 0 atom stereocenters. The fourth-order valence-corrected chi connectivity index (χ4v) is 3.68. The van der Waals surface area contributed by atoms with Crippen molar-refractivity contribution >= 4 is 69.9 Å². The highest BCUT2D eigenvalue weighted by atomic mass is 35.5. The fraction of sp³-hybridized carbons (Fsp3) is 0.273. The van der Waals surface area contributed by atoms with Crippen molar-refractivity contribution in [1.29, 1.82) is 0 Å². The van der Waals surface area contributed by atoms with E-state index in [9.17, 15) is 9.59 Å². The number of halogens is 4. The molecule has 13 heteroatoms. The summed E-state index contributed by atoms with van der Waals surface area (Å²) in [6.07, 6.45) is 1.09. The van der Waals surface area contributed by atoms with Crippen molar-refractivity contribution in [2.45, 2.75) is 25.7 Å². The zero-order valence-corrected chi connectivity index (χ0v) is 21.2. The molecular formula is C22H20Cl4N4O5. The van der Waals surface area contributed by atoms with Gasteiger partial charge in [0.1, 0.15) is 11.5 Å². The Balaban J connectivity index is 1.36. The predicted molar refractivity (Wildman–Crippen MR) is 134 cm³/mol. The highest BCUT2D eigenvalue weighted by Crippen LogP contribution is 2.28. The standard InChI is InChI=1S/C22H20Cl4N4O5/c23-13-5-7-17(15(25)11-13)33-9-1-3-19(31)27-21-22(30-35-29-21)28-20(32)4-2-10-34-18-8-6-14(24)12-16(18)26/h5-8,11-12H,1-4,9-10H2,(H,27,29,31)(H,28,30,32). The van der Waals surface area contributed by atoms with Crippen LogP contribution < -0.4 is 20.1 Å². The van der Waals surface area contributed by atoms with Crippen LogP contribution in [0.4, 0.5) is 11.6 Å². The molecule has 0 saturated carbocycles. The second kappa shape index (κ2) is 13.4. The van der Waals surface area contributed by atoms with E-state index in [1.165, 1.54) is 0 Å². The zero-order valence-electron chi connectivity index (χ0n) is 18.2. The van der Waals surface area contributed by atoms with Gasteiger partial charge in [-0.15, -0.1) is 0 Å². The molecule has 9 nitrogen and oxygen atoms in total. The number of hydrogen-bond acceptors (Lipinski definition) is 7. The maximum Gasteiger partial charge on any atom is 0.225 e. The molecule has 0 fully saturated rings. The van der Waals surface area contributed by atoms with Crippen LogP contribution in [0.3, 0.4) is 0 Å². The Hall–Kier alpha value is -2.72. The van der Waals surface area contributed by atoms with E-state index in [2.05, 4.69) is 25.6 Å². The van der Waals surface area contributed by atoms with Gasteiger partial charge in [0.2, 0.25) is 23.5 Å². The molecule has 0 aliphatic carbocycles. The number of aromatic nitrogens is 2. The Bertz CT molecular complexity index is 1090. The fourth-order valence-electron chi connectivity index (χ4n) is 2.76. The van der Waals surface area contributed by atoms with Gasteiger partial charge in [-0.05, 0) is 59.6 Å². The molecule has 2 aromatic carbocycles. The van der Waals surface area contributed by atoms with Gasteiger partial charge in [0.15, 0.2) is 0 Å². The first-order valence-electron chi connectivity index (χ1n) is 10.4. The molecule has 0 bridgehead atoms. The van der Waals surface area contributed by atoms with Crippen molar-refractivity contribution in [2.24, 2.45) is 0 Å². The van der Waals surface area contributed by atoms with Crippen LogP contribution in [0, 0.1) is 0 Å². The van der Waals surface area contributed by atoms with E-state index >= 15 is 0 Å². The van der Waals surface area contributed by atoms with Crippen LogP contribution >= 0.6 is 46.4 Å². The summed E-state index contributed by atoms with van der Waals surface area (Å²) in [6.45, 7) is 0.525. The summed E-state index contributed by atoms with van der Waals surface area (Å²) in [7, 11) is 0. The quantitative estimate of drug-likeness (QED) is 0.250. The zero-order chi connectivity index (χ0) is 25.2. The highest BCUT2D eigenvalue weighted by molar-refractivity contribution is 6.36. The van der Waals surface area contributed by atoms with Gasteiger partial charge in [0, 0.05) is 22.9 Å². The van der Waals surface area contributed by atoms with Crippen molar-refractivity contribution in [3.8, 4) is 11.5 Å². The van der Waals surface area contributed by atoms with Gasteiger partial charge in [0.25, 0.3) is 0 Å². The number of rotatable bonds is 12. The average molecular weight is 562 g/mol. The molecule has 2 N–H and O–H groups in total. The third-order valence-corrected chi connectivity index (χ3v) is 5.46. The third kappa shape index (κ3) is 8.78. The van der Waals surface area contributed by atoms with E-state index in [1.807, 2.05) is 0 Å². The van der Waals surface area contributed by atoms with E-state index in [1.54, 1.807) is 36.4 Å². The van der Waals surface area contributed by atoms with Crippen LogP contribution in [0.1, 0.15) is 25.7 Å². The normalized spacial score (nSPS) is 10.6. The van der Waals surface area contributed by atoms with Gasteiger partial charge in [0.05, 0.1) is 23.3 Å². The number of nitrogens with one attached hydrogen (secondary N) is 2. The molecule has 3 aromatic rings. The van der Waals surface area contributed by atoms with E-state index in [0.29, 0.717) is 44.4 Å². The lowest BCUT2D eigenvalue weighted by Gasteiger charge is -2.09. The van der Waals surface area contributed by atoms with Crippen molar-refractivity contribution in [2.75, 3.05) is 23.8 Å². The molecule has 0 radical (unpaired) electrons. The first-order valence-corrected chi connectivity index (χ1v) is 11.9. The molecule has 3 rings (SSSR count). The van der Waals surface area contributed by atoms with Gasteiger partial charge in [-0.1, -0.05) is 46.4 Å². The van der Waals surface area contributed by atoms with Gasteiger partial charge in [-0.2, -0.15) is 0 Å². The molecule has 186 valence electrons. The van der Waals surface area contributed by atoms with Crippen LogP contribution in [0.2, 0.25) is 20.1 Å². The number of carbonyl (C=O) groups excluding carboxylic acids is 2. The minimum Gasteiger partial charge on any atom is -0.492 e. The molecule has 0 aliphatic rings. The lowest BCUT2D eigenvalue weighted by Crippen LogP contribution is -2.17. The van der Waals surface area contributed by atoms with Crippen LogP contribution in [-0.2, 0) is 9.59 Å². The predicted octanol–water partition coefficient (Wildman–Crippen LogP) is 6.28. The van der Waals surface area contributed by atoms with Gasteiger partial charge in [-0.3, -0.25) is 9.59 Å². The van der Waals surface area contributed by atoms with Crippen molar-refractivity contribution in [1.82, 2.24) is 10.3 Å². The molecular weight excluding hydrogens is 542 g/mol. The van der Waals surface area contributed by atoms with E-state index < -0.39 is 0 Å². The van der Waals surface area contributed by atoms with E-state index in [-0.39, 0.29) is 49.5 Å². The summed E-state index contributed by atoms with van der Waals surface area (Å²) < 4.78 is 15.7. The number of carbonyl (C=O) groups is 2. The molecule has 2 amide bonds. The first-order chi connectivity index (χ1) is 16.8. The second-order valence-electron chi connectivity index (χ2n) is 7.11. The maximum absolute atomic E-state index is 12.2. The van der Waals surface area contributed by atoms with Crippen molar-refractivity contribution in [3.05, 3.63) is 56.5 Å². The van der Waals surface area contributed by atoms with Gasteiger partial charge in [-0.25, -0.2) is 4.63 Å². The topological polar surface area (TPSA) is 116 Å². The molecule has 0 saturated heterocycles. The summed E-state index contributed by atoms with van der Waals surface area (Å²) in [5.41, 5.74) is 0. The number of benzene rings is 2. The first kappa shape index (κ1) is 26.9. The van der Waals surface area contributed by atoms with Crippen LogP contribution in [0.5, 0.6) is 11.5 Å². The van der Waals surface area contributed by atoms with E-state index in [4.69, 9.17) is 55.9 Å². The minimum absolute atomic E-state index is 0.00853. The Kier molecular flexibility index (Phi) is 10.3. The Morgan fingerprint density at radius 2 is 1.17 bits per heavy atom.